The van der Waals surface area contributed by atoms with Crippen molar-refractivity contribution in [2.24, 2.45) is 0 Å². The van der Waals surface area contributed by atoms with E-state index in [-0.39, 0.29) is 12.5 Å². The Hall–Kier alpha value is -2.13. The van der Waals surface area contributed by atoms with E-state index in [1.807, 2.05) is 25.1 Å². The molecule has 0 bridgehead atoms. The van der Waals surface area contributed by atoms with Crippen LogP contribution in [0.5, 0.6) is 5.75 Å². The number of hydrogen-bond donors (Lipinski definition) is 2. The minimum Gasteiger partial charge on any atom is -0.482 e. The Morgan fingerprint density at radius 2 is 2.24 bits per heavy atom. The van der Waals surface area contributed by atoms with Gasteiger partial charge in [-0.05, 0) is 19.1 Å². The number of amides is 1. The van der Waals surface area contributed by atoms with Gasteiger partial charge >= 0.3 is 0 Å². The highest BCUT2D eigenvalue weighted by Gasteiger charge is 2.09. The molecule has 0 aliphatic rings. The van der Waals surface area contributed by atoms with E-state index in [0.717, 1.165) is 11.4 Å². The average molecular weight is 290 g/mol. The molecule has 0 atom stereocenters. The zero-order chi connectivity index (χ0) is 15.7. The summed E-state index contributed by atoms with van der Waals surface area (Å²) in [5, 5.41) is 14.3. The third-order valence-electron chi connectivity index (χ3n) is 2.67. The van der Waals surface area contributed by atoms with Crippen LogP contribution in [0.3, 0.4) is 0 Å². The normalized spacial score (nSPS) is 10.2. The van der Waals surface area contributed by atoms with Gasteiger partial charge in [-0.2, -0.15) is 5.26 Å². The summed E-state index contributed by atoms with van der Waals surface area (Å²) in [5.74, 6) is 0.359. The molecule has 0 saturated heterocycles. The number of rotatable bonds is 8. The molecule has 0 aromatic carbocycles. The van der Waals surface area contributed by atoms with Gasteiger partial charge in [-0.25, -0.2) is 0 Å². The first-order valence-corrected chi connectivity index (χ1v) is 6.99. The number of nitrogens with zero attached hydrogens (tertiary/aromatic N) is 2. The van der Waals surface area contributed by atoms with Gasteiger partial charge in [0, 0.05) is 24.8 Å². The molecule has 1 amide bonds. The summed E-state index contributed by atoms with van der Waals surface area (Å²) in [5.41, 5.74) is 1.69. The van der Waals surface area contributed by atoms with Gasteiger partial charge < -0.3 is 15.4 Å². The van der Waals surface area contributed by atoms with E-state index in [1.54, 1.807) is 0 Å². The highest BCUT2D eigenvalue weighted by atomic mass is 16.5. The van der Waals surface area contributed by atoms with Crippen LogP contribution in [0.1, 0.15) is 31.7 Å². The summed E-state index contributed by atoms with van der Waals surface area (Å²) in [6.07, 6.45) is 0.293. The number of carbonyl (C=O) groups excluding carboxylic acids is 1. The molecule has 0 radical (unpaired) electrons. The number of hydrogen-bond acceptors (Lipinski definition) is 5. The van der Waals surface area contributed by atoms with Crippen molar-refractivity contribution in [3.63, 3.8) is 0 Å². The Kier molecular flexibility index (Phi) is 7.19. The first kappa shape index (κ1) is 16.9. The lowest BCUT2D eigenvalue weighted by Crippen LogP contribution is -2.30. The number of carbonyl (C=O) groups is 1. The van der Waals surface area contributed by atoms with E-state index < -0.39 is 0 Å². The molecule has 1 rings (SSSR count). The summed E-state index contributed by atoms with van der Waals surface area (Å²) in [4.78, 5) is 16.0. The maximum atomic E-state index is 11.6. The second kappa shape index (κ2) is 8.93. The Bertz CT molecular complexity index is 509. The van der Waals surface area contributed by atoms with Gasteiger partial charge in [0.2, 0.25) is 0 Å². The summed E-state index contributed by atoms with van der Waals surface area (Å²) in [6.45, 7) is 6.87. The lowest BCUT2D eigenvalue weighted by Gasteiger charge is -2.13. The highest BCUT2D eigenvalue weighted by Crippen LogP contribution is 2.16. The predicted octanol–water partition coefficient (Wildman–Crippen LogP) is 1.30. The van der Waals surface area contributed by atoms with Crippen LogP contribution in [-0.2, 0) is 11.3 Å². The third-order valence-corrected chi connectivity index (χ3v) is 2.67. The highest BCUT2D eigenvalue weighted by molar-refractivity contribution is 5.77. The zero-order valence-corrected chi connectivity index (χ0v) is 12.8. The van der Waals surface area contributed by atoms with Crippen LogP contribution in [0.2, 0.25) is 0 Å². The number of ether oxygens (including phenoxy) is 1. The molecule has 0 spiro atoms. The molecule has 6 heteroatoms. The number of aryl methyl sites for hydroxylation is 1. The summed E-state index contributed by atoms with van der Waals surface area (Å²) >= 11 is 0. The Morgan fingerprint density at radius 3 is 2.90 bits per heavy atom. The monoisotopic (exact) mass is 290 g/mol. The standard InChI is InChI=1S/C15H22N4O2/c1-11(2)18-9-13-14(6-5-12(3)19-13)21-10-15(20)17-8-4-7-16/h5-6,11,18H,4,8-10H2,1-3H3,(H,17,20). The SMILES string of the molecule is Cc1ccc(OCC(=O)NCCC#N)c(CNC(C)C)n1. The molecule has 6 nitrogen and oxygen atoms in total. The van der Waals surface area contributed by atoms with E-state index in [2.05, 4.69) is 29.5 Å². The summed E-state index contributed by atoms with van der Waals surface area (Å²) in [6, 6.07) is 5.98. The third kappa shape index (κ3) is 6.72. The van der Waals surface area contributed by atoms with E-state index >= 15 is 0 Å². The molecule has 1 aromatic rings. The molecular formula is C15H22N4O2. The van der Waals surface area contributed by atoms with E-state index in [0.29, 0.717) is 31.3 Å². The van der Waals surface area contributed by atoms with Crippen molar-refractivity contribution in [2.75, 3.05) is 13.2 Å². The summed E-state index contributed by atoms with van der Waals surface area (Å²) in [7, 11) is 0. The van der Waals surface area contributed by atoms with Gasteiger partial charge in [-0.3, -0.25) is 9.78 Å². The average Bonchev–Trinajstić information content (AvgIpc) is 2.44. The topological polar surface area (TPSA) is 87.0 Å². The van der Waals surface area contributed by atoms with E-state index in [9.17, 15) is 4.79 Å². The second-order valence-electron chi connectivity index (χ2n) is 4.98. The van der Waals surface area contributed by atoms with Crippen molar-refractivity contribution >= 4 is 5.91 Å². The minimum absolute atomic E-state index is 0.0785. The molecule has 1 aromatic heterocycles. The van der Waals surface area contributed by atoms with Crippen molar-refractivity contribution in [1.82, 2.24) is 15.6 Å². The molecule has 0 saturated carbocycles. The van der Waals surface area contributed by atoms with Gasteiger partial charge in [0.15, 0.2) is 6.61 Å². The molecule has 2 N–H and O–H groups in total. The molecule has 0 aliphatic carbocycles. The maximum Gasteiger partial charge on any atom is 0.257 e. The largest absolute Gasteiger partial charge is 0.482 e. The van der Waals surface area contributed by atoms with Crippen LogP contribution < -0.4 is 15.4 Å². The van der Waals surface area contributed by atoms with Gasteiger partial charge in [-0.15, -0.1) is 0 Å². The van der Waals surface area contributed by atoms with Gasteiger partial charge in [0.05, 0.1) is 18.2 Å². The number of aromatic nitrogens is 1. The van der Waals surface area contributed by atoms with Crippen molar-refractivity contribution in [1.29, 1.82) is 5.26 Å². The van der Waals surface area contributed by atoms with Crippen LogP contribution in [0.4, 0.5) is 0 Å². The van der Waals surface area contributed by atoms with Crippen LogP contribution in [0.25, 0.3) is 0 Å². The molecule has 0 aliphatic heterocycles. The van der Waals surface area contributed by atoms with Crippen molar-refractivity contribution in [3.8, 4) is 11.8 Å². The van der Waals surface area contributed by atoms with Gasteiger partial charge in [0.25, 0.3) is 5.91 Å². The lowest BCUT2D eigenvalue weighted by molar-refractivity contribution is -0.123. The molecule has 0 fully saturated rings. The fourth-order valence-corrected chi connectivity index (χ4v) is 1.61. The Balaban J connectivity index is 2.57. The molecule has 114 valence electrons. The maximum absolute atomic E-state index is 11.6. The number of pyridine rings is 1. The predicted molar refractivity (Wildman–Crippen MR) is 79.7 cm³/mol. The molecular weight excluding hydrogens is 268 g/mol. The first-order valence-electron chi connectivity index (χ1n) is 6.99. The Morgan fingerprint density at radius 1 is 1.48 bits per heavy atom. The number of nitrogens with one attached hydrogen (secondary N) is 2. The van der Waals surface area contributed by atoms with Crippen molar-refractivity contribution in [2.45, 2.75) is 39.8 Å². The van der Waals surface area contributed by atoms with Gasteiger partial charge in [0.1, 0.15) is 5.75 Å². The van der Waals surface area contributed by atoms with Gasteiger partial charge in [-0.1, -0.05) is 13.8 Å². The molecule has 1 heterocycles. The quantitative estimate of drug-likeness (QED) is 0.705. The van der Waals surface area contributed by atoms with Crippen molar-refractivity contribution < 1.29 is 9.53 Å². The van der Waals surface area contributed by atoms with Crippen LogP contribution in [0, 0.1) is 18.3 Å². The lowest BCUT2D eigenvalue weighted by atomic mass is 10.2. The van der Waals surface area contributed by atoms with Crippen LogP contribution in [0.15, 0.2) is 12.1 Å². The van der Waals surface area contributed by atoms with Crippen LogP contribution in [-0.4, -0.2) is 30.1 Å². The Labute approximate surface area is 125 Å². The molecule has 0 unspecified atom stereocenters. The van der Waals surface area contributed by atoms with E-state index in [4.69, 9.17) is 10.00 Å². The van der Waals surface area contributed by atoms with E-state index in [1.165, 1.54) is 0 Å². The zero-order valence-electron chi connectivity index (χ0n) is 12.8. The molecule has 21 heavy (non-hydrogen) atoms. The fourth-order valence-electron chi connectivity index (χ4n) is 1.61. The second-order valence-corrected chi connectivity index (χ2v) is 4.98. The van der Waals surface area contributed by atoms with Crippen LogP contribution >= 0.6 is 0 Å². The fraction of sp³-hybridized carbons (Fsp3) is 0.533. The minimum atomic E-state index is -0.242. The first-order chi connectivity index (χ1) is 10.0. The smallest absolute Gasteiger partial charge is 0.257 e. The number of nitriles is 1. The van der Waals surface area contributed by atoms with Crippen molar-refractivity contribution in [3.05, 3.63) is 23.5 Å². The summed E-state index contributed by atoms with van der Waals surface area (Å²) < 4.78 is 5.52.